The summed E-state index contributed by atoms with van der Waals surface area (Å²) in [4.78, 5) is 14.5. The third-order valence-corrected chi connectivity index (χ3v) is 5.32. The van der Waals surface area contributed by atoms with Crippen molar-refractivity contribution in [1.29, 1.82) is 0 Å². The maximum atomic E-state index is 12.2. The van der Waals surface area contributed by atoms with Gasteiger partial charge in [-0.15, -0.1) is 0 Å². The molecule has 2 aliphatic heterocycles. The molecule has 0 N–H and O–H groups in total. The zero-order valence-electron chi connectivity index (χ0n) is 14.5. The normalized spacial score (nSPS) is 18.7. The molecule has 0 saturated carbocycles. The number of hydrogen-bond acceptors (Lipinski definition) is 5. The summed E-state index contributed by atoms with van der Waals surface area (Å²) < 4.78 is 16.2. The van der Waals surface area contributed by atoms with Gasteiger partial charge in [0.05, 0.1) is 18.4 Å². The summed E-state index contributed by atoms with van der Waals surface area (Å²) in [6, 6.07) is 12.4. The molecule has 26 heavy (non-hydrogen) atoms. The average Bonchev–Trinajstić information content (AvgIpc) is 3.24. The maximum Gasteiger partial charge on any atom is 0.339 e. The second-order valence-electron chi connectivity index (χ2n) is 6.87. The highest BCUT2D eigenvalue weighted by atomic mass is 16.6. The first kappa shape index (κ1) is 15.5. The molecule has 0 aliphatic carbocycles. The molecule has 0 saturated heterocycles. The Hall–Kier alpha value is -2.79. The van der Waals surface area contributed by atoms with Crippen LogP contribution in [-0.2, 0) is 22.4 Å². The second kappa shape index (κ2) is 5.88. The molecular formula is C21H19NO4. The lowest BCUT2D eigenvalue weighted by Gasteiger charge is -2.31. The lowest BCUT2D eigenvalue weighted by atomic mass is 9.92. The Morgan fingerprint density at radius 2 is 2.12 bits per heavy atom. The molecular weight excluding hydrogens is 330 g/mol. The number of fused-ring (bicyclic) bond motifs is 3. The molecule has 5 heteroatoms. The molecule has 0 bridgehead atoms. The predicted octanol–water partition coefficient (Wildman–Crippen LogP) is 3.85. The first-order chi connectivity index (χ1) is 12.7. The van der Waals surface area contributed by atoms with Crippen molar-refractivity contribution in [1.82, 2.24) is 0 Å². The number of esters is 1. The van der Waals surface area contributed by atoms with Crippen molar-refractivity contribution in [3.05, 3.63) is 64.9 Å². The van der Waals surface area contributed by atoms with Crippen LogP contribution in [0.2, 0.25) is 0 Å². The molecule has 2 aromatic carbocycles. The number of nitrogens with zero attached hydrogens (tertiary/aromatic N) is 1. The van der Waals surface area contributed by atoms with Gasteiger partial charge in [-0.05, 0) is 41.8 Å². The molecule has 5 rings (SSSR count). The van der Waals surface area contributed by atoms with Gasteiger partial charge in [0.15, 0.2) is 6.10 Å². The predicted molar refractivity (Wildman–Crippen MR) is 97.4 cm³/mol. The molecule has 1 unspecified atom stereocenters. The minimum atomic E-state index is -0.285. The van der Waals surface area contributed by atoms with E-state index in [0.29, 0.717) is 12.2 Å². The molecule has 0 spiro atoms. The Kier molecular flexibility index (Phi) is 3.50. The first-order valence-electron chi connectivity index (χ1n) is 8.81. The van der Waals surface area contributed by atoms with Gasteiger partial charge in [-0.2, -0.15) is 0 Å². The van der Waals surface area contributed by atoms with E-state index in [1.54, 1.807) is 13.4 Å². The van der Waals surface area contributed by atoms with Crippen LogP contribution in [0.5, 0.6) is 0 Å². The second-order valence-corrected chi connectivity index (χ2v) is 6.87. The number of cyclic esters (lactones) is 1. The Bertz CT molecular complexity index is 1010. The van der Waals surface area contributed by atoms with Gasteiger partial charge in [0, 0.05) is 42.9 Å². The third-order valence-electron chi connectivity index (χ3n) is 5.32. The lowest BCUT2D eigenvalue weighted by Crippen LogP contribution is -2.30. The Balaban J connectivity index is 1.47. The van der Waals surface area contributed by atoms with Crippen LogP contribution in [0.1, 0.15) is 33.2 Å². The minimum Gasteiger partial charge on any atom is -0.464 e. The molecule has 132 valence electrons. The number of carbonyl (C=O) groups excluding carboxylic acids is 1. The quantitative estimate of drug-likeness (QED) is 0.672. The molecule has 0 fully saturated rings. The molecule has 5 nitrogen and oxygen atoms in total. The number of methoxy groups -OCH3 is 1. The van der Waals surface area contributed by atoms with Crippen molar-refractivity contribution < 1.29 is 18.7 Å². The molecule has 0 amide bonds. The van der Waals surface area contributed by atoms with Gasteiger partial charge in [0.25, 0.3) is 0 Å². The zero-order chi connectivity index (χ0) is 17.7. The summed E-state index contributed by atoms with van der Waals surface area (Å²) in [6.07, 6.45) is 2.37. The average molecular weight is 349 g/mol. The van der Waals surface area contributed by atoms with Crippen molar-refractivity contribution in [2.45, 2.75) is 19.1 Å². The molecule has 2 aliphatic rings. The summed E-state index contributed by atoms with van der Waals surface area (Å²) >= 11 is 0. The number of carbonyl (C=O) groups is 1. The summed E-state index contributed by atoms with van der Waals surface area (Å²) in [6.45, 7) is 2.10. The van der Waals surface area contributed by atoms with Crippen LogP contribution in [0.4, 0.5) is 5.69 Å². The van der Waals surface area contributed by atoms with Crippen LogP contribution in [0, 0.1) is 0 Å². The van der Waals surface area contributed by atoms with E-state index in [2.05, 4.69) is 29.2 Å². The van der Waals surface area contributed by atoms with Gasteiger partial charge >= 0.3 is 5.97 Å². The topological polar surface area (TPSA) is 51.9 Å². The SMILES string of the molecule is COCC1OC(=O)c2cc3c(cc21)CCN(c1ccc2ccoc2c1)C3. The van der Waals surface area contributed by atoms with Crippen LogP contribution in [0.3, 0.4) is 0 Å². The van der Waals surface area contributed by atoms with E-state index in [0.717, 1.165) is 41.7 Å². The van der Waals surface area contributed by atoms with Crippen molar-refractivity contribution in [3.63, 3.8) is 0 Å². The van der Waals surface area contributed by atoms with Crippen molar-refractivity contribution in [2.75, 3.05) is 25.2 Å². The minimum absolute atomic E-state index is 0.251. The van der Waals surface area contributed by atoms with Crippen LogP contribution in [0.15, 0.2) is 47.1 Å². The van der Waals surface area contributed by atoms with E-state index in [4.69, 9.17) is 13.9 Å². The zero-order valence-corrected chi connectivity index (χ0v) is 14.5. The lowest BCUT2D eigenvalue weighted by molar-refractivity contribution is 0.0152. The first-order valence-corrected chi connectivity index (χ1v) is 8.81. The Labute approximate surface area is 151 Å². The fraction of sp³-hybridized carbons (Fsp3) is 0.286. The Morgan fingerprint density at radius 1 is 1.19 bits per heavy atom. The number of hydrogen-bond donors (Lipinski definition) is 0. The van der Waals surface area contributed by atoms with E-state index >= 15 is 0 Å². The fourth-order valence-corrected chi connectivity index (χ4v) is 3.96. The highest BCUT2D eigenvalue weighted by Gasteiger charge is 2.33. The van der Waals surface area contributed by atoms with Crippen molar-refractivity contribution in [3.8, 4) is 0 Å². The number of benzene rings is 2. The van der Waals surface area contributed by atoms with Gasteiger partial charge in [-0.25, -0.2) is 4.79 Å². The van der Waals surface area contributed by atoms with Gasteiger partial charge in [0.1, 0.15) is 5.58 Å². The van der Waals surface area contributed by atoms with Gasteiger partial charge in [-0.1, -0.05) is 6.07 Å². The fourth-order valence-electron chi connectivity index (χ4n) is 3.96. The summed E-state index contributed by atoms with van der Waals surface area (Å²) in [7, 11) is 1.62. The van der Waals surface area contributed by atoms with E-state index in [-0.39, 0.29) is 12.1 Å². The summed E-state index contributed by atoms with van der Waals surface area (Å²) in [5.74, 6) is -0.251. The van der Waals surface area contributed by atoms with E-state index in [1.807, 2.05) is 12.1 Å². The highest BCUT2D eigenvalue weighted by Crippen LogP contribution is 2.36. The van der Waals surface area contributed by atoms with Crippen LogP contribution in [0.25, 0.3) is 11.0 Å². The standard InChI is InChI=1S/C21H19NO4/c1-24-12-20-17-8-14-4-6-22(11-15(14)9-18(17)21(23)26-20)16-3-2-13-5-7-25-19(13)10-16/h2-3,5,7-10,20H,4,6,11-12H2,1H3. The summed E-state index contributed by atoms with van der Waals surface area (Å²) in [5, 5.41) is 1.11. The van der Waals surface area contributed by atoms with Crippen molar-refractivity contribution in [2.24, 2.45) is 0 Å². The number of rotatable bonds is 3. The number of furan rings is 1. The molecule has 3 aromatic rings. The van der Waals surface area contributed by atoms with Gasteiger partial charge in [0.2, 0.25) is 0 Å². The monoisotopic (exact) mass is 349 g/mol. The molecule has 0 radical (unpaired) electrons. The molecule has 1 atom stereocenters. The largest absolute Gasteiger partial charge is 0.464 e. The smallest absolute Gasteiger partial charge is 0.339 e. The van der Waals surface area contributed by atoms with Crippen LogP contribution < -0.4 is 4.90 Å². The highest BCUT2D eigenvalue weighted by molar-refractivity contribution is 5.94. The Morgan fingerprint density at radius 3 is 3.00 bits per heavy atom. The summed E-state index contributed by atoms with van der Waals surface area (Å²) in [5.41, 5.74) is 6.14. The van der Waals surface area contributed by atoms with E-state index < -0.39 is 0 Å². The molecule has 1 aromatic heterocycles. The molecule has 3 heterocycles. The van der Waals surface area contributed by atoms with E-state index in [1.165, 1.54) is 11.1 Å². The van der Waals surface area contributed by atoms with Crippen molar-refractivity contribution >= 4 is 22.6 Å². The van der Waals surface area contributed by atoms with E-state index in [9.17, 15) is 4.79 Å². The van der Waals surface area contributed by atoms with Crippen LogP contribution in [-0.4, -0.2) is 26.2 Å². The van der Waals surface area contributed by atoms with Gasteiger partial charge in [-0.3, -0.25) is 0 Å². The third kappa shape index (κ3) is 2.39. The van der Waals surface area contributed by atoms with Gasteiger partial charge < -0.3 is 18.8 Å². The number of anilines is 1. The van der Waals surface area contributed by atoms with Crippen LogP contribution >= 0.6 is 0 Å². The number of ether oxygens (including phenoxy) is 2. The maximum absolute atomic E-state index is 12.2.